The van der Waals surface area contributed by atoms with Gasteiger partial charge in [-0.3, -0.25) is 0 Å². The van der Waals surface area contributed by atoms with Crippen LogP contribution in [-0.4, -0.2) is 63.2 Å². The summed E-state index contributed by atoms with van der Waals surface area (Å²) in [5, 5.41) is 13.5. The second-order valence-electron chi connectivity index (χ2n) is 7.88. The average Bonchev–Trinajstić information content (AvgIpc) is 3.24. The van der Waals surface area contributed by atoms with Gasteiger partial charge in [0.1, 0.15) is 0 Å². The molecule has 1 N–H and O–H groups in total. The van der Waals surface area contributed by atoms with Gasteiger partial charge >= 0.3 is 6.03 Å². The Balaban J connectivity index is 1.64. The number of hydrogen-bond acceptors (Lipinski definition) is 5. The van der Waals surface area contributed by atoms with Gasteiger partial charge in [0.25, 0.3) is 0 Å². The van der Waals surface area contributed by atoms with E-state index in [4.69, 9.17) is 16.6 Å². The van der Waals surface area contributed by atoms with E-state index >= 15 is 0 Å². The van der Waals surface area contributed by atoms with Crippen molar-refractivity contribution in [1.82, 2.24) is 29.8 Å². The molecule has 2 aromatic carbocycles. The summed E-state index contributed by atoms with van der Waals surface area (Å²) in [4.78, 5) is 21.3. The average molecular weight is 450 g/mol. The molecular weight excluding hydrogens is 426 g/mol. The molecule has 0 unspecified atom stereocenters. The van der Waals surface area contributed by atoms with E-state index in [1.165, 1.54) is 0 Å². The monoisotopic (exact) mass is 449 g/mol. The molecule has 1 saturated heterocycles. The lowest BCUT2D eigenvalue weighted by Gasteiger charge is -2.35. The fourth-order valence-corrected chi connectivity index (χ4v) is 4.34. The number of benzene rings is 2. The lowest BCUT2D eigenvalue weighted by Crippen LogP contribution is -2.52. The molecule has 0 saturated carbocycles. The van der Waals surface area contributed by atoms with Crippen molar-refractivity contribution in [2.75, 3.05) is 37.6 Å². The maximum absolute atomic E-state index is 12.2. The van der Waals surface area contributed by atoms with E-state index in [0.29, 0.717) is 37.7 Å². The number of carbonyl (C=O) groups is 1. The molecular formula is C23H24ClN7O. The zero-order valence-corrected chi connectivity index (χ0v) is 18.8. The summed E-state index contributed by atoms with van der Waals surface area (Å²) < 4.78 is 2.03. The van der Waals surface area contributed by atoms with E-state index in [0.717, 1.165) is 39.4 Å². The number of aryl methyl sites for hydroxylation is 1. The molecule has 2 aromatic heterocycles. The van der Waals surface area contributed by atoms with Crippen molar-refractivity contribution in [3.05, 3.63) is 53.1 Å². The van der Waals surface area contributed by atoms with E-state index in [2.05, 4.69) is 39.5 Å². The number of halogens is 1. The number of rotatable bonds is 3. The first-order chi connectivity index (χ1) is 15.6. The van der Waals surface area contributed by atoms with Gasteiger partial charge in [-0.05, 0) is 37.6 Å². The number of hydrogen-bond donors (Lipinski definition) is 1. The predicted octanol–water partition coefficient (Wildman–Crippen LogP) is 3.76. The number of anilines is 1. The predicted molar refractivity (Wildman–Crippen MR) is 126 cm³/mol. The first-order valence-corrected chi connectivity index (χ1v) is 11.1. The summed E-state index contributed by atoms with van der Waals surface area (Å²) in [7, 11) is 0. The minimum absolute atomic E-state index is 0.0274. The highest BCUT2D eigenvalue weighted by molar-refractivity contribution is 6.31. The van der Waals surface area contributed by atoms with Crippen molar-refractivity contribution in [1.29, 1.82) is 0 Å². The SMILES string of the molecule is CCNC(=O)N1CCN(c2nc3cc(Cl)ccc3c3nnc(-c4ccccc4C)n23)CC1. The fraction of sp³-hybridized carbons (Fsp3) is 0.304. The third-order valence-electron chi connectivity index (χ3n) is 5.85. The van der Waals surface area contributed by atoms with Crippen molar-refractivity contribution in [3.63, 3.8) is 0 Å². The minimum atomic E-state index is -0.0274. The molecule has 0 bridgehead atoms. The Hall–Kier alpha value is -3.39. The van der Waals surface area contributed by atoms with Crippen LogP contribution in [0.2, 0.25) is 5.02 Å². The molecule has 1 aliphatic rings. The van der Waals surface area contributed by atoms with Crippen LogP contribution in [0.4, 0.5) is 10.7 Å². The van der Waals surface area contributed by atoms with Crippen molar-refractivity contribution in [2.45, 2.75) is 13.8 Å². The molecule has 4 aromatic rings. The van der Waals surface area contributed by atoms with Crippen molar-refractivity contribution >= 4 is 40.1 Å². The first kappa shape index (κ1) is 20.5. The summed E-state index contributed by atoms with van der Waals surface area (Å²) in [6.45, 7) is 7.17. The van der Waals surface area contributed by atoms with Gasteiger partial charge in [0.05, 0.1) is 5.52 Å². The number of nitrogens with zero attached hydrogens (tertiary/aromatic N) is 6. The Labute approximate surface area is 190 Å². The lowest BCUT2D eigenvalue weighted by atomic mass is 10.1. The van der Waals surface area contributed by atoms with Gasteiger partial charge in [0.2, 0.25) is 5.95 Å². The highest BCUT2D eigenvalue weighted by Crippen LogP contribution is 2.31. The maximum atomic E-state index is 12.2. The Kier molecular flexibility index (Phi) is 5.30. The molecule has 164 valence electrons. The van der Waals surface area contributed by atoms with Crippen LogP contribution in [0.3, 0.4) is 0 Å². The van der Waals surface area contributed by atoms with E-state index < -0.39 is 0 Å². The van der Waals surface area contributed by atoms with Crippen molar-refractivity contribution < 1.29 is 4.79 Å². The standard InChI is InChI=1S/C23H24ClN7O/c1-3-25-23(32)30-12-10-29(11-13-30)22-26-19-14-16(24)8-9-18(19)21-28-27-20(31(21)22)17-7-5-4-6-15(17)2/h4-9,14H,3,10-13H2,1-2H3,(H,25,32). The molecule has 1 fully saturated rings. The van der Waals surface area contributed by atoms with Gasteiger partial charge < -0.3 is 15.1 Å². The van der Waals surface area contributed by atoms with Crippen molar-refractivity contribution in [2.24, 2.45) is 0 Å². The zero-order valence-electron chi connectivity index (χ0n) is 18.0. The summed E-state index contributed by atoms with van der Waals surface area (Å²) in [5.74, 6) is 1.51. The quantitative estimate of drug-likeness (QED) is 0.515. The van der Waals surface area contributed by atoms with Crippen LogP contribution >= 0.6 is 11.6 Å². The fourth-order valence-electron chi connectivity index (χ4n) is 4.18. The van der Waals surface area contributed by atoms with Gasteiger partial charge in [0.15, 0.2) is 11.5 Å². The molecule has 9 heteroatoms. The van der Waals surface area contributed by atoms with E-state index in [1.54, 1.807) is 0 Å². The molecule has 0 radical (unpaired) electrons. The maximum Gasteiger partial charge on any atom is 0.317 e. The second kappa shape index (κ2) is 8.27. The number of fused-ring (bicyclic) bond motifs is 3. The number of amides is 2. The van der Waals surface area contributed by atoms with Crippen LogP contribution in [0.5, 0.6) is 0 Å². The van der Waals surface area contributed by atoms with Crippen molar-refractivity contribution in [3.8, 4) is 11.4 Å². The highest BCUT2D eigenvalue weighted by atomic mass is 35.5. The van der Waals surface area contributed by atoms with Crippen LogP contribution in [0.25, 0.3) is 27.9 Å². The largest absolute Gasteiger partial charge is 0.338 e. The summed E-state index contributed by atoms with van der Waals surface area (Å²) in [6, 6.07) is 13.7. The highest BCUT2D eigenvalue weighted by Gasteiger charge is 2.26. The van der Waals surface area contributed by atoms with Gasteiger partial charge in [-0.1, -0.05) is 35.9 Å². The number of carbonyl (C=O) groups excluding carboxylic acids is 1. The summed E-state index contributed by atoms with van der Waals surface area (Å²) >= 11 is 6.27. The molecule has 5 rings (SSSR count). The van der Waals surface area contributed by atoms with Crippen LogP contribution in [0, 0.1) is 6.92 Å². The first-order valence-electron chi connectivity index (χ1n) is 10.7. The van der Waals surface area contributed by atoms with Crippen LogP contribution in [0.1, 0.15) is 12.5 Å². The topological polar surface area (TPSA) is 78.7 Å². The Morgan fingerprint density at radius 3 is 2.62 bits per heavy atom. The summed E-state index contributed by atoms with van der Waals surface area (Å²) in [5.41, 5.74) is 3.64. The molecule has 0 aliphatic carbocycles. The van der Waals surface area contributed by atoms with Gasteiger partial charge in [-0.25, -0.2) is 14.2 Å². The number of piperazine rings is 1. The number of urea groups is 1. The smallest absolute Gasteiger partial charge is 0.317 e. The third kappa shape index (κ3) is 3.50. The Morgan fingerprint density at radius 2 is 1.88 bits per heavy atom. The molecule has 0 spiro atoms. The zero-order chi connectivity index (χ0) is 22.2. The van der Waals surface area contributed by atoms with Gasteiger partial charge in [-0.15, -0.1) is 10.2 Å². The van der Waals surface area contributed by atoms with Crippen LogP contribution in [-0.2, 0) is 0 Å². The van der Waals surface area contributed by atoms with Crippen LogP contribution in [0.15, 0.2) is 42.5 Å². The van der Waals surface area contributed by atoms with Gasteiger partial charge in [-0.2, -0.15) is 0 Å². The minimum Gasteiger partial charge on any atom is -0.338 e. The van der Waals surface area contributed by atoms with Gasteiger partial charge in [0, 0.05) is 48.7 Å². The third-order valence-corrected chi connectivity index (χ3v) is 6.08. The number of aromatic nitrogens is 4. The Morgan fingerprint density at radius 1 is 1.09 bits per heavy atom. The van der Waals surface area contributed by atoms with E-state index in [1.807, 2.05) is 46.6 Å². The molecule has 32 heavy (non-hydrogen) atoms. The van der Waals surface area contributed by atoms with E-state index in [9.17, 15) is 4.79 Å². The number of nitrogens with one attached hydrogen (secondary N) is 1. The molecule has 8 nitrogen and oxygen atoms in total. The second-order valence-corrected chi connectivity index (χ2v) is 8.32. The van der Waals surface area contributed by atoms with E-state index in [-0.39, 0.29) is 6.03 Å². The lowest BCUT2D eigenvalue weighted by molar-refractivity contribution is 0.194. The van der Waals surface area contributed by atoms with Crippen LogP contribution < -0.4 is 10.2 Å². The molecule has 1 aliphatic heterocycles. The summed E-state index contributed by atoms with van der Waals surface area (Å²) in [6.07, 6.45) is 0. The molecule has 0 atom stereocenters. The Bertz CT molecular complexity index is 1310. The molecule has 3 heterocycles. The normalized spacial score (nSPS) is 14.3. The molecule has 2 amide bonds.